The number of nitrogens with one attached hydrogen (secondary N) is 1. The summed E-state index contributed by atoms with van der Waals surface area (Å²) in [5, 5.41) is 4.46. The van der Waals surface area contributed by atoms with Gasteiger partial charge in [0.25, 0.3) is 0 Å². The minimum Gasteiger partial charge on any atom is -0.481 e. The van der Waals surface area contributed by atoms with E-state index in [-0.39, 0.29) is 0 Å². The van der Waals surface area contributed by atoms with Crippen LogP contribution in [-0.4, -0.2) is 27.0 Å². The maximum Gasteiger partial charge on any atom is 0.227 e. The van der Waals surface area contributed by atoms with Crippen LogP contribution in [0.1, 0.15) is 48.7 Å². The molecule has 0 amide bonds. The number of nitrogens with zero attached hydrogens (tertiary/aromatic N) is 4. The summed E-state index contributed by atoms with van der Waals surface area (Å²) < 4.78 is 5.09. The van der Waals surface area contributed by atoms with Gasteiger partial charge in [0.1, 0.15) is 0 Å². The first-order valence-corrected chi connectivity index (χ1v) is 10.1. The molecule has 0 bridgehead atoms. The van der Waals surface area contributed by atoms with Crippen LogP contribution in [0.15, 0.2) is 30.6 Å². The highest BCUT2D eigenvalue weighted by Gasteiger charge is 2.21. The van der Waals surface area contributed by atoms with Gasteiger partial charge in [-0.15, -0.1) is 11.3 Å². The van der Waals surface area contributed by atoms with Crippen molar-refractivity contribution in [3.05, 3.63) is 41.3 Å². The highest BCUT2D eigenvalue weighted by atomic mass is 32.1. The number of rotatable bonds is 5. The van der Waals surface area contributed by atoms with E-state index in [1.54, 1.807) is 36.9 Å². The van der Waals surface area contributed by atoms with Crippen LogP contribution in [0.4, 0.5) is 11.6 Å². The molecule has 1 saturated carbocycles. The van der Waals surface area contributed by atoms with Crippen LogP contribution in [0.25, 0.3) is 10.6 Å². The van der Waals surface area contributed by atoms with Gasteiger partial charge < -0.3 is 10.1 Å². The summed E-state index contributed by atoms with van der Waals surface area (Å²) in [4.78, 5) is 19.2. The van der Waals surface area contributed by atoms with E-state index >= 15 is 0 Å². The first-order valence-electron chi connectivity index (χ1n) is 9.31. The zero-order valence-corrected chi connectivity index (χ0v) is 16.4. The third kappa shape index (κ3) is 4.08. The van der Waals surface area contributed by atoms with Gasteiger partial charge in [-0.05, 0) is 31.9 Å². The minimum absolute atomic E-state index is 0.548. The molecule has 27 heavy (non-hydrogen) atoms. The van der Waals surface area contributed by atoms with Gasteiger partial charge in [-0.3, -0.25) is 0 Å². The molecule has 0 saturated heterocycles. The van der Waals surface area contributed by atoms with E-state index < -0.39 is 0 Å². The Morgan fingerprint density at radius 2 is 1.93 bits per heavy atom. The maximum absolute atomic E-state index is 5.09. The molecule has 6 nitrogen and oxygen atoms in total. The predicted molar refractivity (Wildman–Crippen MR) is 108 cm³/mol. The Labute approximate surface area is 163 Å². The van der Waals surface area contributed by atoms with Crippen LogP contribution in [0.2, 0.25) is 0 Å². The summed E-state index contributed by atoms with van der Waals surface area (Å²) in [6.07, 6.45) is 9.98. The van der Waals surface area contributed by atoms with Crippen LogP contribution in [0.3, 0.4) is 0 Å². The fourth-order valence-corrected chi connectivity index (χ4v) is 4.63. The Bertz CT molecular complexity index is 903. The Hall–Kier alpha value is -2.54. The second kappa shape index (κ2) is 8.00. The third-order valence-electron chi connectivity index (χ3n) is 4.86. The molecule has 7 heteroatoms. The molecule has 1 fully saturated rings. The highest BCUT2D eigenvalue weighted by Crippen LogP contribution is 2.38. The molecule has 140 valence electrons. The van der Waals surface area contributed by atoms with Crippen LogP contribution in [0, 0.1) is 6.92 Å². The maximum atomic E-state index is 5.09. The van der Waals surface area contributed by atoms with Gasteiger partial charge >= 0.3 is 0 Å². The molecule has 1 N–H and O–H groups in total. The first kappa shape index (κ1) is 17.9. The Kier molecular flexibility index (Phi) is 5.29. The third-order valence-corrected chi connectivity index (χ3v) is 6.20. The van der Waals surface area contributed by atoms with Crippen molar-refractivity contribution in [3.8, 4) is 16.5 Å². The summed E-state index contributed by atoms with van der Waals surface area (Å²) in [7, 11) is 1.60. The van der Waals surface area contributed by atoms with Gasteiger partial charge in [0.05, 0.1) is 40.3 Å². The molecule has 0 aliphatic heterocycles. The van der Waals surface area contributed by atoms with E-state index in [4.69, 9.17) is 9.72 Å². The summed E-state index contributed by atoms with van der Waals surface area (Å²) in [6.45, 7) is 2.07. The monoisotopic (exact) mass is 381 g/mol. The van der Waals surface area contributed by atoms with Crippen molar-refractivity contribution >= 4 is 23.0 Å². The molecular formula is C20H23N5OS. The molecule has 1 aliphatic carbocycles. The first-order chi connectivity index (χ1) is 13.2. The van der Waals surface area contributed by atoms with Gasteiger partial charge in [0.15, 0.2) is 0 Å². The summed E-state index contributed by atoms with van der Waals surface area (Å²) >= 11 is 1.78. The molecule has 0 spiro atoms. The summed E-state index contributed by atoms with van der Waals surface area (Å²) in [5.74, 6) is 1.73. The summed E-state index contributed by atoms with van der Waals surface area (Å²) in [5.41, 5.74) is 2.78. The molecule has 4 rings (SSSR count). The van der Waals surface area contributed by atoms with Crippen molar-refractivity contribution in [2.24, 2.45) is 0 Å². The SMILES string of the molecule is COc1ccc(Nc2nccc(-c3sc(C4CCCCC4)nc3C)n2)cn1. The number of methoxy groups -OCH3 is 1. The Morgan fingerprint density at radius 1 is 1.07 bits per heavy atom. The fourth-order valence-electron chi connectivity index (χ4n) is 3.43. The van der Waals surface area contributed by atoms with E-state index in [1.165, 1.54) is 37.1 Å². The van der Waals surface area contributed by atoms with Crippen molar-refractivity contribution in [2.45, 2.75) is 44.9 Å². The van der Waals surface area contributed by atoms with Crippen molar-refractivity contribution in [1.29, 1.82) is 0 Å². The number of aryl methyl sites for hydroxylation is 1. The van der Waals surface area contributed by atoms with E-state index in [1.807, 2.05) is 12.1 Å². The van der Waals surface area contributed by atoms with Crippen molar-refractivity contribution in [1.82, 2.24) is 19.9 Å². The van der Waals surface area contributed by atoms with Crippen molar-refractivity contribution in [2.75, 3.05) is 12.4 Å². The van der Waals surface area contributed by atoms with Gasteiger partial charge in [-0.25, -0.2) is 19.9 Å². The lowest BCUT2D eigenvalue weighted by molar-refractivity contribution is 0.398. The van der Waals surface area contributed by atoms with Gasteiger partial charge in [0, 0.05) is 18.2 Å². The number of pyridine rings is 1. The van der Waals surface area contributed by atoms with E-state index in [0.29, 0.717) is 17.7 Å². The molecule has 3 heterocycles. The second-order valence-corrected chi connectivity index (χ2v) is 7.81. The topological polar surface area (TPSA) is 72.8 Å². The second-order valence-electron chi connectivity index (χ2n) is 6.78. The number of thiazole rings is 1. The van der Waals surface area contributed by atoms with E-state index in [2.05, 4.69) is 27.2 Å². The molecule has 3 aromatic heterocycles. The molecule has 0 atom stereocenters. The predicted octanol–water partition coefficient (Wildman–Crippen LogP) is 5.10. The number of anilines is 2. The average molecular weight is 382 g/mol. The van der Waals surface area contributed by atoms with E-state index in [9.17, 15) is 0 Å². The number of hydrogen-bond donors (Lipinski definition) is 1. The minimum atomic E-state index is 0.548. The molecular weight excluding hydrogens is 358 g/mol. The smallest absolute Gasteiger partial charge is 0.227 e. The van der Waals surface area contributed by atoms with Crippen molar-refractivity contribution < 1.29 is 4.74 Å². The lowest BCUT2D eigenvalue weighted by Crippen LogP contribution is -2.03. The Balaban J connectivity index is 1.55. The van der Waals surface area contributed by atoms with Crippen LogP contribution < -0.4 is 10.1 Å². The average Bonchev–Trinajstić information content (AvgIpc) is 3.11. The number of aromatic nitrogens is 4. The fraction of sp³-hybridized carbons (Fsp3) is 0.400. The zero-order chi connectivity index (χ0) is 18.6. The van der Waals surface area contributed by atoms with Gasteiger partial charge in [0.2, 0.25) is 11.8 Å². The highest BCUT2D eigenvalue weighted by molar-refractivity contribution is 7.15. The molecule has 0 radical (unpaired) electrons. The zero-order valence-electron chi connectivity index (χ0n) is 15.6. The molecule has 3 aromatic rings. The quantitative estimate of drug-likeness (QED) is 0.662. The van der Waals surface area contributed by atoms with Crippen LogP contribution in [-0.2, 0) is 0 Å². The normalized spacial score (nSPS) is 14.9. The van der Waals surface area contributed by atoms with E-state index in [0.717, 1.165) is 22.0 Å². The lowest BCUT2D eigenvalue weighted by Gasteiger charge is -2.18. The largest absolute Gasteiger partial charge is 0.481 e. The standard InChI is InChI=1S/C20H23N5OS/c1-13-18(27-19(23-13)14-6-4-3-5-7-14)16-10-11-21-20(25-16)24-15-8-9-17(26-2)22-12-15/h8-12,14H,3-7H2,1-2H3,(H,21,24,25). The van der Waals surface area contributed by atoms with Crippen LogP contribution in [0.5, 0.6) is 5.88 Å². The molecule has 0 unspecified atom stereocenters. The lowest BCUT2D eigenvalue weighted by atomic mass is 9.90. The molecule has 0 aromatic carbocycles. The molecule has 1 aliphatic rings. The van der Waals surface area contributed by atoms with Gasteiger partial charge in [-0.1, -0.05) is 19.3 Å². The Morgan fingerprint density at radius 3 is 2.67 bits per heavy atom. The van der Waals surface area contributed by atoms with Crippen LogP contribution >= 0.6 is 11.3 Å². The summed E-state index contributed by atoms with van der Waals surface area (Å²) in [6, 6.07) is 5.64. The number of ether oxygens (including phenoxy) is 1. The van der Waals surface area contributed by atoms with Gasteiger partial charge in [-0.2, -0.15) is 0 Å². The number of hydrogen-bond acceptors (Lipinski definition) is 7. The van der Waals surface area contributed by atoms with Crippen molar-refractivity contribution in [3.63, 3.8) is 0 Å².